The van der Waals surface area contributed by atoms with Crippen molar-refractivity contribution in [3.63, 3.8) is 0 Å². The Kier molecular flexibility index (Phi) is 6.58. The number of nitrogens with one attached hydrogen (secondary N) is 2. The number of rotatable bonds is 6. The van der Waals surface area contributed by atoms with Crippen molar-refractivity contribution in [1.29, 1.82) is 0 Å². The fourth-order valence-electron chi connectivity index (χ4n) is 2.60. The van der Waals surface area contributed by atoms with Crippen molar-refractivity contribution in [2.24, 2.45) is 5.41 Å². The van der Waals surface area contributed by atoms with Crippen LogP contribution in [0, 0.1) is 5.41 Å². The van der Waals surface area contributed by atoms with Gasteiger partial charge in [0.2, 0.25) is 0 Å². The fraction of sp³-hybridized carbons (Fsp3) is 0.929. The number of carbonyl (C=O) groups is 1. The van der Waals surface area contributed by atoms with Crippen LogP contribution in [0.2, 0.25) is 0 Å². The summed E-state index contributed by atoms with van der Waals surface area (Å²) in [4.78, 5) is 11.8. The summed E-state index contributed by atoms with van der Waals surface area (Å²) in [5, 5.41) is 15.3. The van der Waals surface area contributed by atoms with Crippen LogP contribution in [-0.2, 0) is 4.74 Å². The number of ether oxygens (including phenoxy) is 1. The van der Waals surface area contributed by atoms with Crippen molar-refractivity contribution in [2.75, 3.05) is 20.3 Å². The fourth-order valence-corrected chi connectivity index (χ4v) is 2.60. The molecule has 2 amide bonds. The van der Waals surface area contributed by atoms with Crippen LogP contribution in [0.4, 0.5) is 4.79 Å². The lowest BCUT2D eigenvalue weighted by molar-refractivity contribution is 0.0597. The van der Waals surface area contributed by atoms with E-state index < -0.39 is 6.10 Å². The van der Waals surface area contributed by atoms with Crippen molar-refractivity contribution in [2.45, 2.75) is 58.1 Å². The van der Waals surface area contributed by atoms with Crippen LogP contribution in [0.15, 0.2) is 0 Å². The molecule has 1 aliphatic rings. The SMILES string of the molecule is COCC(O)CCNC(=O)NC1CCCCC1(C)C. The number of hydrogen-bond donors (Lipinski definition) is 3. The molecule has 3 N–H and O–H groups in total. The van der Waals surface area contributed by atoms with E-state index >= 15 is 0 Å². The molecule has 0 aliphatic heterocycles. The number of methoxy groups -OCH3 is 1. The summed E-state index contributed by atoms with van der Waals surface area (Å²) in [5.74, 6) is 0. The van der Waals surface area contributed by atoms with E-state index in [1.807, 2.05) is 0 Å². The summed E-state index contributed by atoms with van der Waals surface area (Å²) in [6, 6.07) is 0.106. The smallest absolute Gasteiger partial charge is 0.315 e. The number of aliphatic hydroxyl groups excluding tert-OH is 1. The van der Waals surface area contributed by atoms with Gasteiger partial charge in [-0.1, -0.05) is 26.7 Å². The van der Waals surface area contributed by atoms with E-state index in [1.54, 1.807) is 7.11 Å². The van der Waals surface area contributed by atoms with Crippen molar-refractivity contribution in [1.82, 2.24) is 10.6 Å². The zero-order valence-electron chi connectivity index (χ0n) is 12.4. The quantitative estimate of drug-likeness (QED) is 0.688. The van der Waals surface area contributed by atoms with Gasteiger partial charge in [-0.3, -0.25) is 0 Å². The Morgan fingerprint density at radius 2 is 2.21 bits per heavy atom. The van der Waals surface area contributed by atoms with Crippen LogP contribution in [0.3, 0.4) is 0 Å². The first kappa shape index (κ1) is 16.2. The van der Waals surface area contributed by atoms with Gasteiger partial charge in [0.05, 0.1) is 12.7 Å². The van der Waals surface area contributed by atoms with E-state index in [-0.39, 0.29) is 17.5 Å². The molecule has 0 saturated heterocycles. The molecular weight excluding hydrogens is 244 g/mol. The second-order valence-corrected chi connectivity index (χ2v) is 6.09. The van der Waals surface area contributed by atoms with Crippen LogP contribution < -0.4 is 10.6 Å². The van der Waals surface area contributed by atoms with E-state index in [4.69, 9.17) is 4.74 Å². The summed E-state index contributed by atoms with van der Waals surface area (Å²) in [5.41, 5.74) is 0.172. The summed E-state index contributed by atoms with van der Waals surface area (Å²) >= 11 is 0. The molecule has 0 aromatic rings. The minimum Gasteiger partial charge on any atom is -0.391 e. The maximum atomic E-state index is 11.8. The maximum Gasteiger partial charge on any atom is 0.315 e. The van der Waals surface area contributed by atoms with E-state index in [9.17, 15) is 9.90 Å². The highest BCUT2D eigenvalue weighted by Crippen LogP contribution is 2.35. The highest BCUT2D eigenvalue weighted by Gasteiger charge is 2.32. The Hall–Kier alpha value is -0.810. The largest absolute Gasteiger partial charge is 0.391 e. The molecule has 19 heavy (non-hydrogen) atoms. The average molecular weight is 272 g/mol. The number of aliphatic hydroxyl groups is 1. The first-order valence-corrected chi connectivity index (χ1v) is 7.17. The lowest BCUT2D eigenvalue weighted by Gasteiger charge is -2.39. The second kappa shape index (κ2) is 7.70. The molecule has 2 unspecified atom stereocenters. The van der Waals surface area contributed by atoms with Gasteiger partial charge in [0.1, 0.15) is 0 Å². The molecule has 5 heteroatoms. The third-order valence-electron chi connectivity index (χ3n) is 3.93. The van der Waals surface area contributed by atoms with Crippen LogP contribution in [0.1, 0.15) is 46.0 Å². The van der Waals surface area contributed by atoms with Gasteiger partial charge in [0.15, 0.2) is 0 Å². The standard InChI is InChI=1S/C14H28N2O3/c1-14(2)8-5-4-6-12(14)16-13(18)15-9-7-11(17)10-19-3/h11-12,17H,4-10H2,1-3H3,(H2,15,16,18). The normalized spacial score (nSPS) is 23.7. The zero-order valence-corrected chi connectivity index (χ0v) is 12.4. The predicted molar refractivity (Wildman–Crippen MR) is 75.1 cm³/mol. The van der Waals surface area contributed by atoms with Gasteiger partial charge >= 0.3 is 6.03 Å². The lowest BCUT2D eigenvalue weighted by Crippen LogP contribution is -2.50. The van der Waals surface area contributed by atoms with Gasteiger partial charge in [0.25, 0.3) is 0 Å². The summed E-state index contributed by atoms with van der Waals surface area (Å²) < 4.78 is 4.83. The Balaban J connectivity index is 2.23. The van der Waals surface area contributed by atoms with Crippen LogP contribution >= 0.6 is 0 Å². The summed E-state index contributed by atoms with van der Waals surface area (Å²) in [7, 11) is 1.55. The summed E-state index contributed by atoms with van der Waals surface area (Å²) in [6.07, 6.45) is 4.63. The van der Waals surface area contributed by atoms with Gasteiger partial charge in [-0.05, 0) is 24.7 Å². The van der Waals surface area contributed by atoms with Crippen molar-refractivity contribution in [3.05, 3.63) is 0 Å². The first-order valence-electron chi connectivity index (χ1n) is 7.17. The molecule has 0 aromatic heterocycles. The molecule has 2 atom stereocenters. The molecular formula is C14H28N2O3. The monoisotopic (exact) mass is 272 g/mol. The van der Waals surface area contributed by atoms with Gasteiger partial charge in [0, 0.05) is 19.7 Å². The summed E-state index contributed by atoms with van der Waals surface area (Å²) in [6.45, 7) is 5.18. The second-order valence-electron chi connectivity index (χ2n) is 6.09. The third-order valence-corrected chi connectivity index (χ3v) is 3.93. The molecule has 5 nitrogen and oxygen atoms in total. The van der Waals surface area contributed by atoms with E-state index in [0.717, 1.165) is 12.8 Å². The molecule has 0 bridgehead atoms. The number of hydrogen-bond acceptors (Lipinski definition) is 3. The number of carbonyl (C=O) groups excluding carboxylic acids is 1. The Labute approximate surface area is 116 Å². The Morgan fingerprint density at radius 1 is 1.47 bits per heavy atom. The average Bonchev–Trinajstić information content (AvgIpc) is 2.32. The topological polar surface area (TPSA) is 70.6 Å². The minimum atomic E-state index is -0.517. The Bertz CT molecular complexity index is 282. The third kappa shape index (κ3) is 5.78. The number of amides is 2. The molecule has 1 saturated carbocycles. The van der Waals surface area contributed by atoms with Gasteiger partial charge < -0.3 is 20.5 Å². The van der Waals surface area contributed by atoms with Crippen LogP contribution in [0.25, 0.3) is 0 Å². The predicted octanol–water partition coefficient (Wildman–Crippen LogP) is 1.65. The van der Waals surface area contributed by atoms with E-state index in [1.165, 1.54) is 12.8 Å². The molecule has 1 fully saturated rings. The molecule has 0 aromatic carbocycles. The zero-order chi connectivity index (χ0) is 14.3. The van der Waals surface area contributed by atoms with Crippen LogP contribution in [0.5, 0.6) is 0 Å². The molecule has 0 spiro atoms. The highest BCUT2D eigenvalue weighted by atomic mass is 16.5. The molecule has 0 heterocycles. The van der Waals surface area contributed by atoms with Gasteiger partial charge in [-0.15, -0.1) is 0 Å². The van der Waals surface area contributed by atoms with Crippen molar-refractivity contribution >= 4 is 6.03 Å². The van der Waals surface area contributed by atoms with E-state index in [0.29, 0.717) is 19.6 Å². The molecule has 1 rings (SSSR count). The first-order chi connectivity index (χ1) is 8.95. The Morgan fingerprint density at radius 3 is 2.84 bits per heavy atom. The maximum absolute atomic E-state index is 11.8. The molecule has 1 aliphatic carbocycles. The van der Waals surface area contributed by atoms with Crippen molar-refractivity contribution < 1.29 is 14.6 Å². The van der Waals surface area contributed by atoms with Crippen molar-refractivity contribution in [3.8, 4) is 0 Å². The molecule has 0 radical (unpaired) electrons. The van der Waals surface area contributed by atoms with Gasteiger partial charge in [-0.2, -0.15) is 0 Å². The van der Waals surface area contributed by atoms with Crippen LogP contribution in [-0.4, -0.2) is 43.5 Å². The minimum absolute atomic E-state index is 0.135. The van der Waals surface area contributed by atoms with E-state index in [2.05, 4.69) is 24.5 Å². The number of urea groups is 1. The van der Waals surface area contributed by atoms with Gasteiger partial charge in [-0.25, -0.2) is 4.79 Å². The lowest BCUT2D eigenvalue weighted by atomic mass is 9.73. The highest BCUT2D eigenvalue weighted by molar-refractivity contribution is 5.74. The molecule has 112 valence electrons.